The zero-order valence-corrected chi connectivity index (χ0v) is 15.2. The molecule has 4 nitrogen and oxygen atoms in total. The van der Waals surface area contributed by atoms with E-state index >= 15 is 0 Å². The minimum absolute atomic E-state index is 0.0112. The lowest BCUT2D eigenvalue weighted by molar-refractivity contribution is 0.134. The Morgan fingerprint density at radius 3 is 2.50 bits per heavy atom. The highest BCUT2D eigenvalue weighted by Crippen LogP contribution is 2.34. The Hall–Kier alpha value is -2.59. The fourth-order valence-electron chi connectivity index (χ4n) is 3.35. The van der Waals surface area contributed by atoms with E-state index in [0.29, 0.717) is 0 Å². The predicted molar refractivity (Wildman–Crippen MR) is 104 cm³/mol. The fraction of sp³-hybridized carbons (Fsp3) is 0.318. The number of nitrogens with zero attached hydrogens (tertiary/aromatic N) is 1. The van der Waals surface area contributed by atoms with Crippen molar-refractivity contribution in [2.75, 3.05) is 11.5 Å². The molecule has 136 valence electrons. The van der Waals surface area contributed by atoms with Crippen LogP contribution in [0.5, 0.6) is 0 Å². The minimum atomic E-state index is -0.394. The summed E-state index contributed by atoms with van der Waals surface area (Å²) in [5, 5.41) is 9.89. The number of carbonyl (C=O) groups is 1. The molecule has 0 aromatic heterocycles. The predicted octanol–water partition coefficient (Wildman–Crippen LogP) is 4.49. The van der Waals surface area contributed by atoms with Crippen molar-refractivity contribution in [3.63, 3.8) is 0 Å². The molecule has 0 bridgehead atoms. The average Bonchev–Trinajstić information content (AvgIpc) is 2.67. The first kappa shape index (κ1) is 18.2. The van der Waals surface area contributed by atoms with Gasteiger partial charge in [-0.25, -0.2) is 4.79 Å². The number of hydrogen-bond donors (Lipinski definition) is 1. The van der Waals surface area contributed by atoms with Gasteiger partial charge in [0.15, 0.2) is 0 Å². The second-order valence-electron chi connectivity index (χ2n) is 6.91. The van der Waals surface area contributed by atoms with Crippen LogP contribution in [0.1, 0.15) is 25.0 Å². The number of aliphatic hydroxyl groups excluding tert-OH is 1. The average molecular weight is 351 g/mol. The fourth-order valence-corrected chi connectivity index (χ4v) is 3.35. The summed E-state index contributed by atoms with van der Waals surface area (Å²) in [5.74, 6) is 0.160. The third kappa shape index (κ3) is 3.81. The maximum Gasteiger partial charge on any atom is 0.415 e. The van der Waals surface area contributed by atoms with Gasteiger partial charge in [0.2, 0.25) is 0 Å². The number of amides is 1. The van der Waals surface area contributed by atoms with Gasteiger partial charge in [0.1, 0.15) is 6.61 Å². The summed E-state index contributed by atoms with van der Waals surface area (Å²) in [4.78, 5) is 14.7. The van der Waals surface area contributed by atoms with Crippen LogP contribution in [0.3, 0.4) is 0 Å². The molecule has 0 saturated heterocycles. The molecule has 0 saturated carbocycles. The summed E-state index contributed by atoms with van der Waals surface area (Å²) in [6.45, 7) is 4.35. The number of hydrogen-bond acceptors (Lipinski definition) is 3. The molecular weight excluding hydrogens is 326 g/mol. The lowest BCUT2D eigenvalue weighted by Crippen LogP contribution is -2.48. The summed E-state index contributed by atoms with van der Waals surface area (Å²) in [5.41, 5.74) is 2.74. The Morgan fingerprint density at radius 1 is 1.12 bits per heavy atom. The van der Waals surface area contributed by atoms with Crippen LogP contribution in [0, 0.1) is 11.8 Å². The summed E-state index contributed by atoms with van der Waals surface area (Å²) in [6, 6.07) is 17.2. The molecule has 1 N–H and O–H groups in total. The van der Waals surface area contributed by atoms with Crippen molar-refractivity contribution >= 4 is 17.9 Å². The lowest BCUT2D eigenvalue weighted by atomic mass is 9.85. The number of anilines is 1. The highest BCUT2D eigenvalue weighted by Gasteiger charge is 2.35. The molecule has 3 rings (SSSR count). The van der Waals surface area contributed by atoms with Gasteiger partial charge < -0.3 is 9.84 Å². The number of aliphatic hydroxyl groups is 1. The van der Waals surface area contributed by atoms with Crippen molar-refractivity contribution in [2.24, 2.45) is 11.8 Å². The van der Waals surface area contributed by atoms with Crippen molar-refractivity contribution in [2.45, 2.75) is 26.5 Å². The molecule has 0 radical (unpaired) electrons. The highest BCUT2D eigenvalue weighted by molar-refractivity contribution is 5.93. The molecule has 2 atom stereocenters. The molecule has 0 spiro atoms. The van der Waals surface area contributed by atoms with Crippen molar-refractivity contribution in [1.82, 2.24) is 0 Å². The van der Waals surface area contributed by atoms with Gasteiger partial charge in [-0.2, -0.15) is 0 Å². The van der Waals surface area contributed by atoms with E-state index in [9.17, 15) is 9.90 Å². The Balaban J connectivity index is 1.87. The summed E-state index contributed by atoms with van der Waals surface area (Å²) < 4.78 is 5.60. The molecular formula is C22H25NO3. The molecule has 1 aliphatic heterocycles. The van der Waals surface area contributed by atoms with Crippen LogP contribution in [0.15, 0.2) is 60.7 Å². The SMILES string of the molecule is CC(C)[C@H](CO)[C@@H]1C=Cc2ccccc2N1C(=O)OCc1ccccc1. The number of carbonyl (C=O) groups excluding carboxylic acids is 1. The van der Waals surface area contributed by atoms with Gasteiger partial charge in [-0.1, -0.05) is 74.5 Å². The molecule has 26 heavy (non-hydrogen) atoms. The normalized spacial score (nSPS) is 17.1. The Kier molecular flexibility index (Phi) is 5.74. The zero-order chi connectivity index (χ0) is 18.5. The topological polar surface area (TPSA) is 49.8 Å². The van der Waals surface area contributed by atoms with Gasteiger partial charge in [0.05, 0.1) is 11.7 Å². The number of ether oxygens (including phenoxy) is 1. The van der Waals surface area contributed by atoms with Gasteiger partial charge >= 0.3 is 6.09 Å². The van der Waals surface area contributed by atoms with Crippen LogP contribution in [0.25, 0.3) is 6.08 Å². The first-order valence-corrected chi connectivity index (χ1v) is 9.00. The molecule has 0 fully saturated rings. The second-order valence-corrected chi connectivity index (χ2v) is 6.91. The van der Waals surface area contributed by atoms with Gasteiger partial charge in [0, 0.05) is 12.5 Å². The molecule has 1 amide bonds. The van der Waals surface area contributed by atoms with Crippen molar-refractivity contribution in [3.05, 3.63) is 71.8 Å². The van der Waals surface area contributed by atoms with Crippen molar-refractivity contribution in [3.8, 4) is 0 Å². The van der Waals surface area contributed by atoms with Crippen LogP contribution in [0.4, 0.5) is 10.5 Å². The largest absolute Gasteiger partial charge is 0.444 e. The van der Waals surface area contributed by atoms with Crippen LogP contribution < -0.4 is 4.90 Å². The number of para-hydroxylation sites is 1. The highest BCUT2D eigenvalue weighted by atomic mass is 16.6. The third-order valence-corrected chi connectivity index (χ3v) is 4.88. The number of fused-ring (bicyclic) bond motifs is 1. The van der Waals surface area contributed by atoms with E-state index in [1.165, 1.54) is 0 Å². The maximum absolute atomic E-state index is 13.0. The van der Waals surface area contributed by atoms with E-state index in [-0.39, 0.29) is 31.1 Å². The Morgan fingerprint density at radius 2 is 1.81 bits per heavy atom. The lowest BCUT2D eigenvalue weighted by Gasteiger charge is -2.38. The van der Waals surface area contributed by atoms with Gasteiger partial charge in [-0.3, -0.25) is 4.90 Å². The van der Waals surface area contributed by atoms with Gasteiger partial charge in [-0.05, 0) is 23.1 Å². The van der Waals surface area contributed by atoms with Crippen LogP contribution in [-0.4, -0.2) is 23.8 Å². The van der Waals surface area contributed by atoms with E-state index < -0.39 is 6.09 Å². The smallest absolute Gasteiger partial charge is 0.415 e. The number of benzene rings is 2. The molecule has 0 unspecified atom stereocenters. The Bertz CT molecular complexity index is 770. The van der Waals surface area contributed by atoms with Crippen LogP contribution in [-0.2, 0) is 11.3 Å². The molecule has 1 aliphatic rings. The van der Waals surface area contributed by atoms with Crippen LogP contribution >= 0.6 is 0 Å². The van der Waals surface area contributed by atoms with E-state index in [1.54, 1.807) is 4.90 Å². The molecule has 2 aromatic rings. The summed E-state index contributed by atoms with van der Waals surface area (Å²) in [6.07, 6.45) is 3.62. The second kappa shape index (κ2) is 8.19. The standard InChI is InChI=1S/C22H25NO3/c1-16(2)19(14-24)21-13-12-18-10-6-7-11-20(18)23(21)22(25)26-15-17-8-4-3-5-9-17/h3-13,16,19,21,24H,14-15H2,1-2H3/t19-,21-/m0/s1. The van der Waals surface area contributed by atoms with E-state index in [2.05, 4.69) is 13.8 Å². The van der Waals surface area contributed by atoms with E-state index in [0.717, 1.165) is 16.8 Å². The van der Waals surface area contributed by atoms with Gasteiger partial charge in [-0.15, -0.1) is 0 Å². The quantitative estimate of drug-likeness (QED) is 0.863. The van der Waals surface area contributed by atoms with Crippen LogP contribution in [0.2, 0.25) is 0 Å². The van der Waals surface area contributed by atoms with E-state index in [1.807, 2.05) is 66.7 Å². The summed E-state index contributed by atoms with van der Waals surface area (Å²) in [7, 11) is 0. The minimum Gasteiger partial charge on any atom is -0.444 e. The first-order chi connectivity index (χ1) is 12.6. The molecule has 0 aliphatic carbocycles. The van der Waals surface area contributed by atoms with E-state index in [4.69, 9.17) is 4.74 Å². The van der Waals surface area contributed by atoms with Crippen molar-refractivity contribution in [1.29, 1.82) is 0 Å². The Labute approximate surface area is 154 Å². The monoisotopic (exact) mass is 351 g/mol. The molecule has 2 aromatic carbocycles. The molecule has 1 heterocycles. The first-order valence-electron chi connectivity index (χ1n) is 9.00. The van der Waals surface area contributed by atoms with Gasteiger partial charge in [0.25, 0.3) is 0 Å². The molecule has 4 heteroatoms. The third-order valence-electron chi connectivity index (χ3n) is 4.88. The maximum atomic E-state index is 13.0. The number of rotatable bonds is 5. The van der Waals surface area contributed by atoms with Crippen molar-refractivity contribution < 1.29 is 14.6 Å². The summed E-state index contributed by atoms with van der Waals surface area (Å²) >= 11 is 0. The zero-order valence-electron chi connectivity index (χ0n) is 15.2.